The quantitative estimate of drug-likeness (QED) is 0.917. The highest BCUT2D eigenvalue weighted by Gasteiger charge is 2.40. The summed E-state index contributed by atoms with van der Waals surface area (Å²) in [6.07, 6.45) is -5.12. The number of halogens is 3. The van der Waals surface area contributed by atoms with Gasteiger partial charge >= 0.3 is 6.18 Å². The van der Waals surface area contributed by atoms with Gasteiger partial charge in [-0.15, -0.1) is 0 Å². The molecule has 4 nitrogen and oxygen atoms in total. The fraction of sp³-hybridized carbons (Fsp3) is 0.571. The summed E-state index contributed by atoms with van der Waals surface area (Å²) in [5.41, 5.74) is -0.782. The van der Waals surface area contributed by atoms with E-state index < -0.39 is 34.0 Å². The molecule has 0 bridgehead atoms. The molecule has 0 radical (unpaired) electrons. The number of piperidine rings is 1. The Hall–Kier alpha value is -1.12. The van der Waals surface area contributed by atoms with Gasteiger partial charge in [0.15, 0.2) is 0 Å². The number of hydrogen-bond donors (Lipinski definition) is 1. The maximum absolute atomic E-state index is 12.2. The van der Waals surface area contributed by atoms with Gasteiger partial charge < -0.3 is 5.11 Å². The first-order valence-corrected chi connectivity index (χ1v) is 8.56. The average Bonchev–Trinajstić information content (AvgIpc) is 2.46. The van der Waals surface area contributed by atoms with Gasteiger partial charge in [-0.1, -0.05) is 30.3 Å². The van der Waals surface area contributed by atoms with Crippen molar-refractivity contribution in [2.75, 3.05) is 18.8 Å². The van der Waals surface area contributed by atoms with Crippen LogP contribution in [-0.4, -0.2) is 42.8 Å². The van der Waals surface area contributed by atoms with Crippen LogP contribution in [0.3, 0.4) is 0 Å². The maximum atomic E-state index is 12.2. The number of alkyl halides is 3. The molecule has 1 unspecified atom stereocenters. The molecule has 8 heteroatoms. The Labute approximate surface area is 127 Å². The lowest BCUT2D eigenvalue weighted by atomic mass is 9.87. The zero-order chi connectivity index (χ0) is 16.4. The summed E-state index contributed by atoms with van der Waals surface area (Å²) >= 11 is 0. The molecule has 22 heavy (non-hydrogen) atoms. The van der Waals surface area contributed by atoms with Crippen LogP contribution in [0, 0.1) is 0 Å². The predicted octanol–water partition coefficient (Wildman–Crippen LogP) is 2.25. The SMILES string of the molecule is O=S(=O)(CCC(F)(F)F)N1CCCC(O)(c2ccccc2)C1. The second kappa shape index (κ2) is 6.17. The second-order valence-corrected chi connectivity index (χ2v) is 7.60. The molecular formula is C14H18F3NO3S. The third-order valence-electron chi connectivity index (χ3n) is 3.78. The van der Waals surface area contributed by atoms with E-state index in [1.54, 1.807) is 30.3 Å². The summed E-state index contributed by atoms with van der Waals surface area (Å²) < 4.78 is 61.8. The van der Waals surface area contributed by atoms with Crippen LogP contribution in [0.2, 0.25) is 0 Å². The van der Waals surface area contributed by atoms with Crippen LogP contribution in [0.15, 0.2) is 30.3 Å². The third-order valence-corrected chi connectivity index (χ3v) is 5.60. The van der Waals surface area contributed by atoms with E-state index in [4.69, 9.17) is 0 Å². The van der Waals surface area contributed by atoms with Crippen molar-refractivity contribution in [2.45, 2.75) is 31.0 Å². The Morgan fingerprint density at radius 1 is 1.23 bits per heavy atom. The van der Waals surface area contributed by atoms with Crippen LogP contribution in [-0.2, 0) is 15.6 Å². The topological polar surface area (TPSA) is 57.6 Å². The first-order valence-electron chi connectivity index (χ1n) is 6.95. The molecule has 0 saturated carbocycles. The molecule has 0 spiro atoms. The van der Waals surface area contributed by atoms with Crippen molar-refractivity contribution in [2.24, 2.45) is 0 Å². The molecule has 124 valence electrons. The Balaban J connectivity index is 2.13. The second-order valence-electron chi connectivity index (χ2n) is 5.52. The fourth-order valence-electron chi connectivity index (χ4n) is 2.59. The Bertz CT molecular complexity index is 604. The summed E-state index contributed by atoms with van der Waals surface area (Å²) in [5.74, 6) is -0.985. The van der Waals surface area contributed by atoms with Crippen molar-refractivity contribution < 1.29 is 26.7 Å². The predicted molar refractivity (Wildman–Crippen MR) is 75.6 cm³/mol. The lowest BCUT2D eigenvalue weighted by molar-refractivity contribution is -0.130. The van der Waals surface area contributed by atoms with Gasteiger partial charge in [-0.05, 0) is 18.4 Å². The molecule has 1 aliphatic heterocycles. The van der Waals surface area contributed by atoms with Crippen LogP contribution in [0.1, 0.15) is 24.8 Å². The molecule has 2 rings (SSSR count). The van der Waals surface area contributed by atoms with E-state index >= 15 is 0 Å². The van der Waals surface area contributed by atoms with E-state index in [2.05, 4.69) is 0 Å². The fourth-order valence-corrected chi connectivity index (χ4v) is 4.16. The minimum atomic E-state index is -4.52. The Kier molecular flexibility index (Phi) is 4.84. The molecular weight excluding hydrogens is 319 g/mol. The summed E-state index contributed by atoms with van der Waals surface area (Å²) in [6, 6.07) is 8.60. The van der Waals surface area contributed by atoms with Gasteiger partial charge in [-0.25, -0.2) is 8.42 Å². The van der Waals surface area contributed by atoms with Crippen molar-refractivity contribution in [3.63, 3.8) is 0 Å². The number of nitrogens with zero attached hydrogens (tertiary/aromatic N) is 1. The van der Waals surface area contributed by atoms with Crippen LogP contribution in [0.25, 0.3) is 0 Å². The van der Waals surface area contributed by atoms with Crippen molar-refractivity contribution in [3.8, 4) is 0 Å². The van der Waals surface area contributed by atoms with E-state index in [0.717, 1.165) is 4.31 Å². The molecule has 1 heterocycles. The zero-order valence-electron chi connectivity index (χ0n) is 11.9. The zero-order valence-corrected chi connectivity index (χ0v) is 12.7. The average molecular weight is 337 g/mol. The molecule has 0 amide bonds. The number of aliphatic hydroxyl groups is 1. The standard InChI is InChI=1S/C14H18F3NO3S/c15-14(16,17)8-10-22(20,21)18-9-4-7-13(19,11-18)12-5-2-1-3-6-12/h1-3,5-6,19H,4,7-11H2. The van der Waals surface area contributed by atoms with Gasteiger partial charge in [0.2, 0.25) is 10.0 Å². The van der Waals surface area contributed by atoms with Crippen LogP contribution in [0.5, 0.6) is 0 Å². The van der Waals surface area contributed by atoms with E-state index in [-0.39, 0.29) is 13.1 Å². The van der Waals surface area contributed by atoms with Gasteiger partial charge in [-0.2, -0.15) is 17.5 Å². The minimum absolute atomic E-state index is 0.134. The first kappa shape index (κ1) is 17.2. The van der Waals surface area contributed by atoms with E-state index in [1.165, 1.54) is 0 Å². The summed E-state index contributed by atoms with van der Waals surface area (Å²) in [5, 5.41) is 10.7. The summed E-state index contributed by atoms with van der Waals surface area (Å²) in [6.45, 7) is -0.0768. The number of hydrogen-bond acceptors (Lipinski definition) is 3. The van der Waals surface area contributed by atoms with Gasteiger partial charge in [0.1, 0.15) is 5.60 Å². The molecule has 1 aromatic rings. The molecule has 1 fully saturated rings. The molecule has 1 N–H and O–H groups in total. The largest absolute Gasteiger partial charge is 0.390 e. The Morgan fingerprint density at radius 3 is 2.45 bits per heavy atom. The van der Waals surface area contributed by atoms with E-state index in [1.807, 2.05) is 0 Å². The molecule has 0 aromatic heterocycles. The molecule has 1 atom stereocenters. The first-order chi connectivity index (χ1) is 10.1. The van der Waals surface area contributed by atoms with Gasteiger partial charge in [0.25, 0.3) is 0 Å². The molecule has 0 aliphatic carbocycles. The van der Waals surface area contributed by atoms with Crippen LogP contribution in [0.4, 0.5) is 13.2 Å². The highest BCUT2D eigenvalue weighted by molar-refractivity contribution is 7.89. The summed E-state index contributed by atoms with van der Waals surface area (Å²) in [4.78, 5) is 0. The van der Waals surface area contributed by atoms with Crippen LogP contribution < -0.4 is 0 Å². The van der Waals surface area contributed by atoms with Crippen molar-refractivity contribution in [3.05, 3.63) is 35.9 Å². The van der Waals surface area contributed by atoms with Crippen molar-refractivity contribution in [1.29, 1.82) is 0 Å². The van der Waals surface area contributed by atoms with Crippen molar-refractivity contribution >= 4 is 10.0 Å². The number of β-amino-alcohol motifs (C(OH)–C–C–N with tert-alkyl or cyclic N) is 1. The number of benzene rings is 1. The third kappa shape index (κ3) is 4.21. The van der Waals surface area contributed by atoms with Crippen molar-refractivity contribution in [1.82, 2.24) is 4.31 Å². The van der Waals surface area contributed by atoms with E-state index in [0.29, 0.717) is 18.4 Å². The summed E-state index contributed by atoms with van der Waals surface area (Å²) in [7, 11) is -4.04. The van der Waals surface area contributed by atoms with Gasteiger partial charge in [0, 0.05) is 13.1 Å². The van der Waals surface area contributed by atoms with Gasteiger partial charge in [0.05, 0.1) is 12.2 Å². The van der Waals surface area contributed by atoms with Gasteiger partial charge in [-0.3, -0.25) is 0 Å². The molecule has 1 saturated heterocycles. The minimum Gasteiger partial charge on any atom is -0.384 e. The van der Waals surface area contributed by atoms with E-state index in [9.17, 15) is 26.7 Å². The smallest absolute Gasteiger partial charge is 0.384 e. The lowest BCUT2D eigenvalue weighted by Crippen LogP contribution is -2.49. The number of sulfonamides is 1. The number of rotatable bonds is 4. The molecule has 1 aliphatic rings. The monoisotopic (exact) mass is 337 g/mol. The maximum Gasteiger partial charge on any atom is 0.390 e. The highest BCUT2D eigenvalue weighted by atomic mass is 32.2. The normalized spacial score (nSPS) is 24.4. The molecule has 1 aromatic carbocycles. The highest BCUT2D eigenvalue weighted by Crippen LogP contribution is 2.33. The lowest BCUT2D eigenvalue weighted by Gasteiger charge is -2.38. The Morgan fingerprint density at radius 2 is 1.86 bits per heavy atom. The van der Waals surface area contributed by atoms with Crippen LogP contribution >= 0.6 is 0 Å².